The van der Waals surface area contributed by atoms with Crippen molar-refractivity contribution in [1.82, 2.24) is 0 Å². The zero-order chi connectivity index (χ0) is 16.8. The van der Waals surface area contributed by atoms with Gasteiger partial charge in [-0.25, -0.2) is 0 Å². The summed E-state index contributed by atoms with van der Waals surface area (Å²) in [5.74, 6) is 2.70. The lowest BCUT2D eigenvalue weighted by atomic mass is 9.44. The first-order valence-corrected chi connectivity index (χ1v) is 9.62. The highest BCUT2D eigenvalue weighted by molar-refractivity contribution is 5.77. The molecule has 5 atom stereocenters. The average Bonchev–Trinajstić information content (AvgIpc) is 2.53. The molecule has 3 aliphatic carbocycles. The lowest BCUT2D eigenvalue weighted by Gasteiger charge is -2.59. The van der Waals surface area contributed by atoms with Crippen LogP contribution in [0.25, 0.3) is 0 Å². The molecule has 0 bridgehead atoms. The van der Waals surface area contributed by atoms with Crippen LogP contribution >= 0.6 is 0 Å². The second kappa shape index (κ2) is 5.93. The maximum Gasteiger partial charge on any atom is 0.311 e. The van der Waals surface area contributed by atoms with Gasteiger partial charge in [0.25, 0.3) is 0 Å². The number of rotatable bonds is 2. The Morgan fingerprint density at radius 2 is 1.96 bits per heavy atom. The topological polar surface area (TPSA) is 26.3 Å². The molecule has 0 aromatic carbocycles. The lowest BCUT2D eigenvalue weighted by molar-refractivity contribution is -0.172. The third-order valence-electron chi connectivity index (χ3n) is 7.69. The second-order valence-electron chi connectivity index (χ2n) is 9.10. The van der Waals surface area contributed by atoms with Crippen LogP contribution in [0, 0.1) is 34.5 Å². The van der Waals surface area contributed by atoms with Crippen LogP contribution in [-0.4, -0.2) is 13.1 Å². The van der Waals surface area contributed by atoms with Gasteiger partial charge in [0, 0.05) is 0 Å². The predicted octanol–water partition coefficient (Wildman–Crippen LogP) is 5.37. The van der Waals surface area contributed by atoms with Crippen molar-refractivity contribution in [2.45, 2.75) is 72.6 Å². The fourth-order valence-corrected chi connectivity index (χ4v) is 6.44. The molecular formula is C21H34O2. The number of fused-ring (bicyclic) bond motifs is 3. The molecule has 2 fully saturated rings. The van der Waals surface area contributed by atoms with Crippen LogP contribution in [0.5, 0.6) is 0 Å². The first-order valence-electron chi connectivity index (χ1n) is 9.62. The summed E-state index contributed by atoms with van der Waals surface area (Å²) in [7, 11) is 1.56. The van der Waals surface area contributed by atoms with Crippen LogP contribution in [0.2, 0.25) is 0 Å². The van der Waals surface area contributed by atoms with Gasteiger partial charge in [-0.2, -0.15) is 0 Å². The van der Waals surface area contributed by atoms with Crippen molar-refractivity contribution >= 4 is 5.97 Å². The Bertz CT molecular complexity index is 506. The van der Waals surface area contributed by atoms with Crippen LogP contribution in [-0.2, 0) is 9.53 Å². The summed E-state index contributed by atoms with van der Waals surface area (Å²) in [6.07, 6.45) is 11.1. The Balaban J connectivity index is 1.92. The van der Waals surface area contributed by atoms with Crippen molar-refractivity contribution in [3.63, 3.8) is 0 Å². The molecular weight excluding hydrogens is 284 g/mol. The molecule has 0 radical (unpaired) electrons. The zero-order valence-corrected chi connectivity index (χ0v) is 15.7. The van der Waals surface area contributed by atoms with Gasteiger partial charge in [-0.3, -0.25) is 4.79 Å². The number of allylic oxidation sites excluding steroid dienone is 2. The van der Waals surface area contributed by atoms with E-state index in [4.69, 9.17) is 4.74 Å². The number of esters is 1. The maximum absolute atomic E-state index is 12.6. The van der Waals surface area contributed by atoms with Crippen molar-refractivity contribution < 1.29 is 9.53 Å². The summed E-state index contributed by atoms with van der Waals surface area (Å²) in [5.41, 5.74) is 1.71. The lowest BCUT2D eigenvalue weighted by Crippen LogP contribution is -2.55. The number of hydrogen-bond acceptors (Lipinski definition) is 2. The normalized spacial score (nSPS) is 43.4. The van der Waals surface area contributed by atoms with E-state index in [2.05, 4.69) is 33.8 Å². The molecule has 0 heterocycles. The Morgan fingerprint density at radius 1 is 1.22 bits per heavy atom. The fourth-order valence-electron chi connectivity index (χ4n) is 6.44. The Morgan fingerprint density at radius 3 is 2.61 bits per heavy atom. The summed E-state index contributed by atoms with van der Waals surface area (Å²) < 4.78 is 5.22. The maximum atomic E-state index is 12.6. The van der Waals surface area contributed by atoms with E-state index < -0.39 is 0 Å². The van der Waals surface area contributed by atoms with Gasteiger partial charge in [0.15, 0.2) is 0 Å². The van der Waals surface area contributed by atoms with Crippen LogP contribution in [0.3, 0.4) is 0 Å². The van der Waals surface area contributed by atoms with Crippen molar-refractivity contribution in [3.8, 4) is 0 Å². The Labute approximate surface area is 142 Å². The van der Waals surface area contributed by atoms with E-state index in [1.54, 1.807) is 12.7 Å². The van der Waals surface area contributed by atoms with Crippen LogP contribution in [0.4, 0.5) is 0 Å². The second-order valence-corrected chi connectivity index (χ2v) is 9.10. The van der Waals surface area contributed by atoms with Gasteiger partial charge in [-0.05, 0) is 74.5 Å². The summed E-state index contributed by atoms with van der Waals surface area (Å²) in [4.78, 5) is 12.6. The van der Waals surface area contributed by atoms with E-state index in [1.807, 2.05) is 0 Å². The molecule has 2 saturated carbocycles. The van der Waals surface area contributed by atoms with E-state index in [-0.39, 0.29) is 11.4 Å². The van der Waals surface area contributed by atoms with E-state index >= 15 is 0 Å². The molecule has 1 unspecified atom stereocenters. The van der Waals surface area contributed by atoms with Crippen molar-refractivity contribution in [2.75, 3.05) is 7.11 Å². The molecule has 0 aromatic heterocycles. The van der Waals surface area contributed by atoms with Crippen LogP contribution in [0.1, 0.15) is 72.6 Å². The van der Waals surface area contributed by atoms with Crippen LogP contribution < -0.4 is 0 Å². The first kappa shape index (κ1) is 17.0. The predicted molar refractivity (Wildman–Crippen MR) is 93.9 cm³/mol. The van der Waals surface area contributed by atoms with Crippen molar-refractivity contribution in [2.24, 2.45) is 34.5 Å². The number of carbonyl (C=O) groups is 1. The minimum absolute atomic E-state index is 0.0288. The SMILES string of the molecule is COC(=O)[C@]1(C)CCC[C@@]2(C)[C@H]1CCC1C=C(C(C)C)CC[C@@H]12. The molecule has 3 aliphatic rings. The molecule has 23 heavy (non-hydrogen) atoms. The molecule has 0 N–H and O–H groups in total. The molecule has 2 nitrogen and oxygen atoms in total. The van der Waals surface area contributed by atoms with E-state index in [9.17, 15) is 4.79 Å². The van der Waals surface area contributed by atoms with Crippen molar-refractivity contribution in [1.29, 1.82) is 0 Å². The molecule has 0 aliphatic heterocycles. The molecule has 0 amide bonds. The summed E-state index contributed by atoms with van der Waals surface area (Å²) >= 11 is 0. The van der Waals surface area contributed by atoms with Gasteiger partial charge in [0.05, 0.1) is 12.5 Å². The standard InChI is InChI=1S/C21H34O2/c1-14(2)15-7-9-17-16(13-15)8-10-18-20(17,3)11-6-12-21(18,4)19(22)23-5/h13-14,16-18H,6-12H2,1-5H3/t16?,17-,18+,20+,21+/m0/s1. The monoisotopic (exact) mass is 318 g/mol. The molecule has 130 valence electrons. The number of methoxy groups -OCH3 is 1. The van der Waals surface area contributed by atoms with Gasteiger partial charge < -0.3 is 4.74 Å². The third-order valence-corrected chi connectivity index (χ3v) is 7.69. The number of ether oxygens (including phenoxy) is 1. The highest BCUT2D eigenvalue weighted by atomic mass is 16.5. The molecule has 2 heteroatoms. The number of carbonyl (C=O) groups excluding carboxylic acids is 1. The quantitative estimate of drug-likeness (QED) is 0.505. The Kier molecular flexibility index (Phi) is 4.40. The fraction of sp³-hybridized carbons (Fsp3) is 0.857. The average molecular weight is 319 g/mol. The molecule has 0 aromatic rings. The van der Waals surface area contributed by atoms with Gasteiger partial charge >= 0.3 is 5.97 Å². The molecule has 0 saturated heterocycles. The van der Waals surface area contributed by atoms with E-state index in [1.165, 1.54) is 38.5 Å². The van der Waals surface area contributed by atoms with E-state index in [0.717, 1.165) is 18.3 Å². The number of hydrogen-bond donors (Lipinski definition) is 0. The van der Waals surface area contributed by atoms with E-state index in [0.29, 0.717) is 17.3 Å². The first-order chi connectivity index (χ1) is 10.8. The van der Waals surface area contributed by atoms with Gasteiger partial charge in [0.1, 0.15) is 0 Å². The van der Waals surface area contributed by atoms with Gasteiger partial charge in [0.2, 0.25) is 0 Å². The summed E-state index contributed by atoms with van der Waals surface area (Å²) in [5, 5.41) is 0. The van der Waals surface area contributed by atoms with Crippen LogP contribution in [0.15, 0.2) is 11.6 Å². The van der Waals surface area contributed by atoms with Gasteiger partial charge in [-0.1, -0.05) is 38.8 Å². The minimum Gasteiger partial charge on any atom is -0.469 e. The molecule has 0 spiro atoms. The molecule has 3 rings (SSSR count). The summed E-state index contributed by atoms with van der Waals surface area (Å²) in [6.45, 7) is 9.32. The zero-order valence-electron chi connectivity index (χ0n) is 15.7. The smallest absolute Gasteiger partial charge is 0.311 e. The highest BCUT2D eigenvalue weighted by Crippen LogP contribution is 2.63. The minimum atomic E-state index is -0.269. The largest absolute Gasteiger partial charge is 0.469 e. The third kappa shape index (κ3) is 2.57. The van der Waals surface area contributed by atoms with Crippen molar-refractivity contribution in [3.05, 3.63) is 11.6 Å². The Hall–Kier alpha value is -0.790. The van der Waals surface area contributed by atoms with Gasteiger partial charge in [-0.15, -0.1) is 0 Å². The summed E-state index contributed by atoms with van der Waals surface area (Å²) in [6, 6.07) is 0. The highest BCUT2D eigenvalue weighted by Gasteiger charge is 2.58.